The zero-order valence-corrected chi connectivity index (χ0v) is 16.2. The van der Waals surface area contributed by atoms with Gasteiger partial charge in [-0.1, -0.05) is 24.3 Å². The second-order valence-electron chi connectivity index (χ2n) is 7.95. The molecule has 0 aliphatic carbocycles. The third-order valence-corrected chi connectivity index (χ3v) is 6.11. The molecule has 0 amide bonds. The van der Waals surface area contributed by atoms with Crippen LogP contribution in [0.4, 0.5) is 5.69 Å². The van der Waals surface area contributed by atoms with E-state index in [9.17, 15) is 10.2 Å². The summed E-state index contributed by atoms with van der Waals surface area (Å²) in [6.45, 7) is 4.61. The van der Waals surface area contributed by atoms with E-state index in [1.807, 2.05) is 6.07 Å². The summed E-state index contributed by atoms with van der Waals surface area (Å²) in [6, 6.07) is 12.6. The van der Waals surface area contributed by atoms with Crippen molar-refractivity contribution in [1.82, 2.24) is 0 Å². The van der Waals surface area contributed by atoms with Crippen molar-refractivity contribution in [2.45, 2.75) is 37.8 Å². The molecule has 4 nitrogen and oxygen atoms in total. The monoisotopic (exact) mass is 365 g/mol. The summed E-state index contributed by atoms with van der Waals surface area (Å²) < 4.78 is 6.77. The lowest BCUT2D eigenvalue weighted by atomic mass is 9.76. The number of fused-ring (bicyclic) bond motifs is 2. The normalized spacial score (nSPS) is 21.9. The Kier molecular flexibility index (Phi) is 4.28. The number of rotatable bonds is 4. The molecule has 2 heterocycles. The molecule has 4 rings (SSSR count). The van der Waals surface area contributed by atoms with Crippen LogP contribution in [0.5, 0.6) is 5.75 Å². The Hall–Kier alpha value is -2.30. The predicted molar refractivity (Wildman–Crippen MR) is 108 cm³/mol. The molecule has 4 heteroatoms. The van der Waals surface area contributed by atoms with Gasteiger partial charge in [-0.2, -0.15) is 0 Å². The van der Waals surface area contributed by atoms with Crippen LogP contribution in [-0.4, -0.2) is 36.2 Å². The first-order chi connectivity index (χ1) is 12.9. The van der Waals surface area contributed by atoms with Crippen LogP contribution in [0.25, 0.3) is 6.08 Å². The zero-order valence-electron chi connectivity index (χ0n) is 16.2. The van der Waals surface area contributed by atoms with E-state index in [0.717, 1.165) is 22.4 Å². The molecule has 0 radical (unpaired) electrons. The first-order valence-electron chi connectivity index (χ1n) is 9.53. The summed E-state index contributed by atoms with van der Waals surface area (Å²) in [5.74, 6) is 0.834. The smallest absolute Gasteiger partial charge is 0.211 e. The molecule has 1 atom stereocenters. The minimum absolute atomic E-state index is 0.0640. The maximum Gasteiger partial charge on any atom is 0.211 e. The van der Waals surface area contributed by atoms with Gasteiger partial charge in [-0.25, -0.2) is 0 Å². The van der Waals surface area contributed by atoms with Gasteiger partial charge in [0.05, 0.1) is 5.41 Å². The molecule has 1 unspecified atom stereocenters. The fraction of sp³-hybridized carbons (Fsp3) is 0.391. The molecule has 2 aliphatic heterocycles. The minimum atomic E-state index is -0.619. The van der Waals surface area contributed by atoms with Crippen LogP contribution < -0.4 is 9.64 Å². The van der Waals surface area contributed by atoms with Gasteiger partial charge >= 0.3 is 0 Å². The van der Waals surface area contributed by atoms with E-state index in [4.69, 9.17) is 4.74 Å². The van der Waals surface area contributed by atoms with Crippen molar-refractivity contribution < 1.29 is 14.9 Å². The number of benzene rings is 2. The Bertz CT molecular complexity index is 902. The maximum absolute atomic E-state index is 9.56. The highest BCUT2D eigenvalue weighted by Crippen LogP contribution is 2.54. The number of hydrogen-bond acceptors (Lipinski definition) is 4. The SMILES string of the molecule is CN1c2ccccc2C(C)(C)C12C=Cc1cc(CCO)cc(CCO)c1O2. The Morgan fingerprint density at radius 2 is 1.78 bits per heavy atom. The third kappa shape index (κ3) is 2.51. The van der Waals surface area contributed by atoms with Gasteiger partial charge in [0.1, 0.15) is 5.75 Å². The summed E-state index contributed by atoms with van der Waals surface area (Å²) >= 11 is 0. The molecule has 0 aromatic heterocycles. The first-order valence-corrected chi connectivity index (χ1v) is 9.53. The van der Waals surface area contributed by atoms with E-state index < -0.39 is 5.72 Å². The van der Waals surface area contributed by atoms with Gasteiger partial charge in [0, 0.05) is 31.5 Å². The summed E-state index contributed by atoms with van der Waals surface area (Å²) in [6.07, 6.45) is 5.41. The Balaban J connectivity index is 1.85. The maximum atomic E-state index is 9.56. The average Bonchev–Trinajstić information content (AvgIpc) is 2.82. The van der Waals surface area contributed by atoms with Crippen LogP contribution in [0.2, 0.25) is 0 Å². The van der Waals surface area contributed by atoms with Gasteiger partial charge in [0.2, 0.25) is 5.72 Å². The van der Waals surface area contributed by atoms with Crippen molar-refractivity contribution in [2.24, 2.45) is 0 Å². The molecule has 27 heavy (non-hydrogen) atoms. The lowest BCUT2D eigenvalue weighted by Crippen LogP contribution is -2.58. The molecule has 0 saturated carbocycles. The lowest BCUT2D eigenvalue weighted by molar-refractivity contribution is 0.0568. The molecular weight excluding hydrogens is 338 g/mol. The summed E-state index contributed by atoms with van der Waals surface area (Å²) in [7, 11) is 2.08. The van der Waals surface area contributed by atoms with Gasteiger partial charge in [-0.3, -0.25) is 0 Å². The van der Waals surface area contributed by atoms with Gasteiger partial charge in [0.25, 0.3) is 0 Å². The second kappa shape index (κ2) is 6.39. The molecule has 2 N–H and O–H groups in total. The van der Waals surface area contributed by atoms with Crippen molar-refractivity contribution >= 4 is 11.8 Å². The number of aliphatic hydroxyl groups is 2. The molecule has 1 spiro atoms. The highest BCUT2D eigenvalue weighted by molar-refractivity contribution is 5.73. The molecule has 142 valence electrons. The van der Waals surface area contributed by atoms with Crippen LogP contribution in [0.1, 0.15) is 36.1 Å². The van der Waals surface area contributed by atoms with E-state index >= 15 is 0 Å². The predicted octanol–water partition coefficient (Wildman–Crippen LogP) is 3.29. The Morgan fingerprint density at radius 3 is 2.48 bits per heavy atom. The number of ether oxygens (including phenoxy) is 1. The molecular formula is C23H27NO3. The van der Waals surface area contributed by atoms with Crippen LogP contribution in [0.15, 0.2) is 42.5 Å². The number of hydrogen-bond donors (Lipinski definition) is 2. The highest BCUT2D eigenvalue weighted by Gasteiger charge is 2.57. The quantitative estimate of drug-likeness (QED) is 0.873. The number of nitrogens with zero attached hydrogens (tertiary/aromatic N) is 1. The molecule has 0 bridgehead atoms. The molecule has 2 aliphatic rings. The van der Waals surface area contributed by atoms with Gasteiger partial charge in [-0.15, -0.1) is 0 Å². The first kappa shape index (κ1) is 18.1. The molecule has 2 aromatic carbocycles. The van der Waals surface area contributed by atoms with Crippen LogP contribution in [0, 0.1) is 0 Å². The fourth-order valence-electron chi connectivity index (χ4n) is 4.60. The Morgan fingerprint density at radius 1 is 1.04 bits per heavy atom. The molecule has 0 saturated heterocycles. The summed E-state index contributed by atoms with van der Waals surface area (Å²) in [4.78, 5) is 2.21. The van der Waals surface area contributed by atoms with Crippen molar-refractivity contribution in [3.63, 3.8) is 0 Å². The standard InChI is InChI=1S/C23H27NO3/c1-22(2)19-6-4-5-7-20(19)24(3)23(22)11-8-17-14-16(9-12-25)15-18(10-13-26)21(17)27-23/h4-8,11,14-15,25-26H,9-10,12-13H2,1-3H3. The van der Waals surface area contributed by atoms with Crippen molar-refractivity contribution in [2.75, 3.05) is 25.2 Å². The van der Waals surface area contributed by atoms with Gasteiger partial charge in [0.15, 0.2) is 0 Å². The number of anilines is 1. The second-order valence-corrected chi connectivity index (χ2v) is 7.95. The van der Waals surface area contributed by atoms with Crippen molar-refractivity contribution in [1.29, 1.82) is 0 Å². The van der Waals surface area contributed by atoms with Crippen molar-refractivity contribution in [3.8, 4) is 5.75 Å². The minimum Gasteiger partial charge on any atom is -0.462 e. The van der Waals surface area contributed by atoms with E-state index in [0.29, 0.717) is 12.8 Å². The largest absolute Gasteiger partial charge is 0.462 e. The number of para-hydroxylation sites is 1. The zero-order chi connectivity index (χ0) is 19.2. The van der Waals surface area contributed by atoms with Crippen LogP contribution in [0.3, 0.4) is 0 Å². The summed E-state index contributed by atoms with van der Waals surface area (Å²) in [5, 5.41) is 18.9. The molecule has 2 aromatic rings. The topological polar surface area (TPSA) is 52.9 Å². The van der Waals surface area contributed by atoms with E-state index in [-0.39, 0.29) is 18.6 Å². The van der Waals surface area contributed by atoms with E-state index in [1.165, 1.54) is 11.3 Å². The number of aliphatic hydroxyl groups excluding tert-OH is 2. The third-order valence-electron chi connectivity index (χ3n) is 6.11. The Labute approximate surface area is 160 Å². The van der Waals surface area contributed by atoms with Crippen molar-refractivity contribution in [3.05, 3.63) is 64.7 Å². The summed E-state index contributed by atoms with van der Waals surface area (Å²) in [5.41, 5.74) is 4.64. The van der Waals surface area contributed by atoms with E-state index in [2.05, 4.69) is 68.3 Å². The van der Waals surface area contributed by atoms with E-state index in [1.54, 1.807) is 0 Å². The highest BCUT2D eigenvalue weighted by atomic mass is 16.5. The average molecular weight is 365 g/mol. The fourth-order valence-corrected chi connectivity index (χ4v) is 4.60. The van der Waals surface area contributed by atoms with Crippen LogP contribution in [-0.2, 0) is 18.3 Å². The molecule has 0 fully saturated rings. The van der Waals surface area contributed by atoms with Crippen LogP contribution >= 0.6 is 0 Å². The van der Waals surface area contributed by atoms with Gasteiger partial charge < -0.3 is 19.8 Å². The lowest BCUT2D eigenvalue weighted by Gasteiger charge is -2.46. The number of likely N-dealkylation sites (N-methyl/N-ethyl adjacent to an activating group) is 1. The van der Waals surface area contributed by atoms with Gasteiger partial charge in [-0.05, 0) is 67.7 Å².